The average Bonchev–Trinajstić information content (AvgIpc) is 2.97. The van der Waals surface area contributed by atoms with Crippen molar-refractivity contribution in [2.45, 2.75) is 51.6 Å². The second-order valence-electron chi connectivity index (χ2n) is 10.1. The van der Waals surface area contributed by atoms with Crippen LogP contribution in [-0.4, -0.2) is 57.6 Å². The number of anilines is 1. The van der Waals surface area contributed by atoms with Gasteiger partial charge in [0.15, 0.2) is 0 Å². The largest absolute Gasteiger partial charge is 0.497 e. The van der Waals surface area contributed by atoms with Gasteiger partial charge in [-0.25, -0.2) is 8.42 Å². The molecule has 0 saturated heterocycles. The third-order valence-electron chi connectivity index (χ3n) is 6.84. The molecule has 0 aliphatic heterocycles. The lowest BCUT2D eigenvalue weighted by Gasteiger charge is -2.32. The summed E-state index contributed by atoms with van der Waals surface area (Å²) in [7, 11) is -2.04. The molecule has 1 atom stereocenters. The van der Waals surface area contributed by atoms with E-state index >= 15 is 0 Å². The molecule has 0 aliphatic carbocycles. The van der Waals surface area contributed by atoms with Crippen LogP contribution in [0.3, 0.4) is 0 Å². The molecule has 42 heavy (non-hydrogen) atoms. The molecule has 0 spiro atoms. The Kier molecular flexibility index (Phi) is 12.7. The third-order valence-corrected chi connectivity index (χ3v) is 8.27. The number of halogens is 1. The summed E-state index contributed by atoms with van der Waals surface area (Å²) in [4.78, 5) is 29.1. The summed E-state index contributed by atoms with van der Waals surface area (Å²) in [5.74, 6) is 0.182. The molecule has 3 rings (SSSR count). The van der Waals surface area contributed by atoms with Crippen LogP contribution in [0.15, 0.2) is 78.9 Å². The van der Waals surface area contributed by atoms with Gasteiger partial charge in [0.1, 0.15) is 11.8 Å². The summed E-state index contributed by atoms with van der Waals surface area (Å²) in [6.45, 7) is 2.85. The summed E-state index contributed by atoms with van der Waals surface area (Å²) in [5.41, 5.74) is 2.18. The molecule has 1 unspecified atom stereocenters. The molecular formula is C32H40ClN3O5S. The number of rotatable bonds is 16. The third kappa shape index (κ3) is 10.1. The first-order valence-electron chi connectivity index (χ1n) is 14.1. The van der Waals surface area contributed by atoms with Gasteiger partial charge >= 0.3 is 0 Å². The molecule has 0 fully saturated rings. The van der Waals surface area contributed by atoms with Crippen molar-refractivity contribution in [1.29, 1.82) is 0 Å². The zero-order valence-electron chi connectivity index (χ0n) is 24.5. The predicted octanol–water partition coefficient (Wildman–Crippen LogP) is 5.45. The van der Waals surface area contributed by atoms with Gasteiger partial charge in [0, 0.05) is 37.5 Å². The normalized spacial score (nSPS) is 11.9. The molecule has 0 aliphatic rings. The second-order valence-corrected chi connectivity index (χ2v) is 12.5. The van der Waals surface area contributed by atoms with Crippen molar-refractivity contribution in [1.82, 2.24) is 10.2 Å². The zero-order valence-corrected chi connectivity index (χ0v) is 26.0. The number of carbonyl (C=O) groups is 2. The van der Waals surface area contributed by atoms with Crippen molar-refractivity contribution >= 4 is 39.1 Å². The molecule has 0 aromatic heterocycles. The number of unbranched alkanes of at least 4 members (excludes halogenated alkanes) is 1. The van der Waals surface area contributed by atoms with E-state index in [1.54, 1.807) is 36.3 Å². The smallest absolute Gasteiger partial charge is 0.243 e. The fourth-order valence-electron chi connectivity index (χ4n) is 4.66. The Bertz CT molecular complexity index is 1420. The lowest BCUT2D eigenvalue weighted by molar-refractivity contribution is -0.141. The molecule has 0 heterocycles. The maximum Gasteiger partial charge on any atom is 0.243 e. The summed E-state index contributed by atoms with van der Waals surface area (Å²) in [5, 5.41) is 3.43. The number of nitrogens with zero attached hydrogens (tertiary/aromatic N) is 2. The number of ether oxygens (including phenoxy) is 1. The number of carbonyl (C=O) groups excluding carboxylic acids is 2. The SMILES string of the molecule is CCCCNC(=O)C(Cc1ccccc1)N(Cc1cccc(OC)c1)C(=O)CCCN(c1cccc(Cl)c1)S(C)(=O)=O. The molecule has 0 bridgehead atoms. The van der Waals surface area contributed by atoms with Gasteiger partial charge in [0.2, 0.25) is 21.8 Å². The summed E-state index contributed by atoms with van der Waals surface area (Å²) in [6.07, 6.45) is 3.53. The lowest BCUT2D eigenvalue weighted by atomic mass is 10.0. The molecule has 0 radical (unpaired) electrons. The zero-order chi connectivity index (χ0) is 30.5. The van der Waals surface area contributed by atoms with Crippen LogP contribution in [-0.2, 0) is 32.6 Å². The van der Waals surface area contributed by atoms with Crippen LogP contribution in [0.1, 0.15) is 43.7 Å². The van der Waals surface area contributed by atoms with E-state index in [0.29, 0.717) is 29.4 Å². The van der Waals surface area contributed by atoms with E-state index in [1.165, 1.54) is 4.31 Å². The van der Waals surface area contributed by atoms with Crippen LogP contribution in [0.4, 0.5) is 5.69 Å². The maximum atomic E-state index is 13.9. The molecule has 0 saturated carbocycles. The molecule has 3 aromatic carbocycles. The number of hydrogen-bond donors (Lipinski definition) is 1. The second kappa shape index (κ2) is 16.2. The summed E-state index contributed by atoms with van der Waals surface area (Å²) in [6, 6.07) is 22.9. The molecule has 10 heteroatoms. The number of sulfonamides is 1. The molecule has 226 valence electrons. The quantitative estimate of drug-likeness (QED) is 0.217. The Morgan fingerprint density at radius 2 is 1.67 bits per heavy atom. The van der Waals surface area contributed by atoms with E-state index in [4.69, 9.17) is 16.3 Å². The van der Waals surface area contributed by atoms with Crippen molar-refractivity contribution in [2.75, 3.05) is 30.8 Å². The minimum absolute atomic E-state index is 0.0457. The molecule has 3 aromatic rings. The Morgan fingerprint density at radius 3 is 2.33 bits per heavy atom. The number of methoxy groups -OCH3 is 1. The fraction of sp³-hybridized carbons (Fsp3) is 0.375. The van der Waals surface area contributed by atoms with Crippen molar-refractivity contribution in [3.63, 3.8) is 0 Å². The Labute approximate surface area is 254 Å². The van der Waals surface area contributed by atoms with Gasteiger partial charge < -0.3 is 15.0 Å². The average molecular weight is 614 g/mol. The van der Waals surface area contributed by atoms with Crippen molar-refractivity contribution in [2.24, 2.45) is 0 Å². The minimum atomic E-state index is -3.62. The monoisotopic (exact) mass is 613 g/mol. The first-order chi connectivity index (χ1) is 20.1. The van der Waals surface area contributed by atoms with Crippen LogP contribution in [0.5, 0.6) is 5.75 Å². The Hall–Kier alpha value is -3.56. The van der Waals surface area contributed by atoms with Crippen LogP contribution in [0, 0.1) is 0 Å². The molecule has 8 nitrogen and oxygen atoms in total. The highest BCUT2D eigenvalue weighted by Gasteiger charge is 2.30. The number of hydrogen-bond acceptors (Lipinski definition) is 5. The van der Waals surface area contributed by atoms with Gasteiger partial charge in [0.25, 0.3) is 0 Å². The van der Waals surface area contributed by atoms with E-state index in [-0.39, 0.29) is 37.7 Å². The van der Waals surface area contributed by atoms with E-state index in [2.05, 4.69) is 12.2 Å². The highest BCUT2D eigenvalue weighted by Crippen LogP contribution is 2.23. The van der Waals surface area contributed by atoms with Gasteiger partial charge in [-0.2, -0.15) is 0 Å². The van der Waals surface area contributed by atoms with Crippen LogP contribution in [0.2, 0.25) is 5.02 Å². The van der Waals surface area contributed by atoms with Gasteiger partial charge in [-0.15, -0.1) is 0 Å². The van der Waals surface area contributed by atoms with E-state index < -0.39 is 16.1 Å². The topological polar surface area (TPSA) is 96.0 Å². The van der Waals surface area contributed by atoms with Crippen molar-refractivity contribution in [3.05, 3.63) is 95.0 Å². The van der Waals surface area contributed by atoms with Crippen LogP contribution in [0.25, 0.3) is 0 Å². The maximum absolute atomic E-state index is 13.9. The fourth-order valence-corrected chi connectivity index (χ4v) is 5.80. The predicted molar refractivity (Wildman–Crippen MR) is 168 cm³/mol. The highest BCUT2D eigenvalue weighted by atomic mass is 35.5. The number of benzene rings is 3. The van der Waals surface area contributed by atoms with E-state index in [1.807, 2.05) is 54.6 Å². The molecular weight excluding hydrogens is 574 g/mol. The minimum Gasteiger partial charge on any atom is -0.497 e. The standard InChI is InChI=1S/C32H40ClN3O5S/c1-4-5-19-34-32(38)30(22-25-12-7-6-8-13-25)35(24-26-14-9-17-29(21-26)41-2)31(37)18-11-20-36(42(3,39)40)28-16-10-15-27(33)23-28/h6-10,12-17,21,23,30H,4-5,11,18-20,22,24H2,1-3H3,(H,34,38). The first kappa shape index (κ1) is 32.9. The number of amides is 2. The van der Waals surface area contributed by atoms with Gasteiger partial charge in [-0.1, -0.05) is 73.5 Å². The van der Waals surface area contributed by atoms with Crippen LogP contribution < -0.4 is 14.4 Å². The summed E-state index contributed by atoms with van der Waals surface area (Å²) < 4.78 is 31.8. The Balaban J connectivity index is 1.89. The van der Waals surface area contributed by atoms with Gasteiger partial charge in [-0.3, -0.25) is 13.9 Å². The molecule has 2 amide bonds. The van der Waals surface area contributed by atoms with Crippen LogP contribution >= 0.6 is 11.6 Å². The molecule has 1 N–H and O–H groups in total. The van der Waals surface area contributed by atoms with Crippen molar-refractivity contribution in [3.8, 4) is 5.75 Å². The number of nitrogens with one attached hydrogen (secondary N) is 1. The van der Waals surface area contributed by atoms with Crippen molar-refractivity contribution < 1.29 is 22.7 Å². The van der Waals surface area contributed by atoms with Gasteiger partial charge in [0.05, 0.1) is 19.1 Å². The van der Waals surface area contributed by atoms with Gasteiger partial charge in [-0.05, 0) is 54.3 Å². The summed E-state index contributed by atoms with van der Waals surface area (Å²) >= 11 is 6.11. The lowest BCUT2D eigenvalue weighted by Crippen LogP contribution is -2.50. The van der Waals surface area contributed by atoms with E-state index in [0.717, 1.165) is 30.2 Å². The highest BCUT2D eigenvalue weighted by molar-refractivity contribution is 7.92. The Morgan fingerprint density at radius 1 is 0.952 bits per heavy atom. The van der Waals surface area contributed by atoms with E-state index in [9.17, 15) is 18.0 Å². The first-order valence-corrected chi connectivity index (χ1v) is 16.3.